The summed E-state index contributed by atoms with van der Waals surface area (Å²) in [4.78, 5) is 22.4. The maximum Gasteiger partial charge on any atom is 0.351 e. The molecule has 1 aliphatic rings. The first kappa shape index (κ1) is 34.0. The first-order valence-electron chi connectivity index (χ1n) is 15.3. The summed E-state index contributed by atoms with van der Waals surface area (Å²) < 4.78 is 31.7. The zero-order chi connectivity index (χ0) is 33.6. The number of methoxy groups -OCH3 is 2. The monoisotopic (exact) mass is 646 g/mol. The van der Waals surface area contributed by atoms with Crippen LogP contribution in [-0.4, -0.2) is 86.2 Å². The van der Waals surface area contributed by atoms with Crippen LogP contribution in [0.1, 0.15) is 28.5 Å². The van der Waals surface area contributed by atoms with Crippen LogP contribution in [0.3, 0.4) is 0 Å². The van der Waals surface area contributed by atoms with Crippen molar-refractivity contribution in [2.24, 2.45) is 0 Å². The van der Waals surface area contributed by atoms with Gasteiger partial charge in [-0.15, -0.1) is 0 Å². The number of hydrogen-bond donors (Lipinski definition) is 2. The zero-order valence-corrected chi connectivity index (χ0v) is 27.2. The Balaban J connectivity index is 1.54. The molecule has 5 rings (SSSR count). The average molecular weight is 647 g/mol. The van der Waals surface area contributed by atoms with Crippen molar-refractivity contribution in [3.8, 4) is 11.5 Å². The number of hydrogen-bond acceptors (Lipinski definition) is 11. The Morgan fingerprint density at radius 1 is 0.915 bits per heavy atom. The smallest absolute Gasteiger partial charge is 0.351 e. The Bertz CT molecular complexity index is 1600. The molecule has 0 aliphatic carbocycles. The van der Waals surface area contributed by atoms with Gasteiger partial charge in [0.15, 0.2) is 6.23 Å². The Hall–Kier alpha value is -4.30. The molecule has 12 heteroatoms. The Labute approximate surface area is 274 Å². The van der Waals surface area contributed by atoms with E-state index in [1.165, 1.54) is 4.57 Å². The Morgan fingerprint density at radius 3 is 2.04 bits per heavy atom. The van der Waals surface area contributed by atoms with E-state index >= 15 is 0 Å². The lowest BCUT2D eigenvalue weighted by Gasteiger charge is -2.37. The zero-order valence-electron chi connectivity index (χ0n) is 27.2. The molecular weight excluding hydrogens is 604 g/mol. The molecule has 250 valence electrons. The van der Waals surface area contributed by atoms with E-state index in [1.54, 1.807) is 46.5 Å². The minimum atomic E-state index is -1.18. The molecule has 1 aliphatic heterocycles. The molecule has 0 bridgehead atoms. The molecule has 4 aromatic rings. The third-order valence-corrected chi connectivity index (χ3v) is 8.14. The number of nitrogens with zero attached hydrogens (tertiary/aromatic N) is 3. The highest BCUT2D eigenvalue weighted by molar-refractivity contribution is 5.49. The van der Waals surface area contributed by atoms with Crippen molar-refractivity contribution in [3.05, 3.63) is 118 Å². The van der Waals surface area contributed by atoms with Crippen molar-refractivity contribution >= 4 is 5.82 Å². The molecule has 1 saturated heterocycles. The molecule has 0 radical (unpaired) electrons. The van der Waals surface area contributed by atoms with Crippen molar-refractivity contribution < 1.29 is 33.6 Å². The highest BCUT2D eigenvalue weighted by Crippen LogP contribution is 2.43. The number of aryl methyl sites for hydroxylation is 1. The van der Waals surface area contributed by atoms with Gasteiger partial charge in [-0.3, -0.25) is 9.40 Å². The lowest BCUT2D eigenvalue weighted by Crippen LogP contribution is -2.41. The second-order valence-corrected chi connectivity index (χ2v) is 11.4. The van der Waals surface area contributed by atoms with Crippen molar-refractivity contribution in [1.29, 1.82) is 0 Å². The predicted octanol–water partition coefficient (Wildman–Crippen LogP) is 3.30. The van der Waals surface area contributed by atoms with E-state index in [-0.39, 0.29) is 25.6 Å². The third kappa shape index (κ3) is 7.33. The molecule has 0 spiro atoms. The number of nitrogens with two attached hydrogens (primary N) is 1. The Kier molecular flexibility index (Phi) is 10.9. The largest absolute Gasteiger partial charge is 0.497 e. The topological polar surface area (TPSA) is 140 Å². The fourth-order valence-electron chi connectivity index (χ4n) is 5.71. The first-order chi connectivity index (χ1) is 22.7. The maximum atomic E-state index is 13.0. The molecule has 1 aromatic heterocycles. The van der Waals surface area contributed by atoms with Crippen LogP contribution in [0.5, 0.6) is 11.5 Å². The van der Waals surface area contributed by atoms with Crippen LogP contribution in [0.4, 0.5) is 5.82 Å². The molecular formula is C35H42N4O8. The van der Waals surface area contributed by atoms with Gasteiger partial charge in [-0.1, -0.05) is 54.6 Å². The summed E-state index contributed by atoms with van der Waals surface area (Å²) in [5.74, 6) is 1.51. The van der Waals surface area contributed by atoms with Gasteiger partial charge in [-0.05, 0) is 47.9 Å². The van der Waals surface area contributed by atoms with Gasteiger partial charge in [0.2, 0.25) is 0 Å². The van der Waals surface area contributed by atoms with Crippen LogP contribution >= 0.6 is 0 Å². The van der Waals surface area contributed by atoms with Crippen LogP contribution in [0.15, 0.2) is 89.9 Å². The van der Waals surface area contributed by atoms with Crippen molar-refractivity contribution in [2.75, 3.05) is 53.9 Å². The van der Waals surface area contributed by atoms with Crippen LogP contribution in [0.25, 0.3) is 0 Å². The van der Waals surface area contributed by atoms with Crippen molar-refractivity contribution in [2.45, 2.75) is 37.1 Å². The molecule has 0 saturated carbocycles. The van der Waals surface area contributed by atoms with Crippen molar-refractivity contribution in [1.82, 2.24) is 14.6 Å². The average Bonchev–Trinajstić information content (AvgIpc) is 3.40. The molecule has 0 unspecified atom stereocenters. The van der Waals surface area contributed by atoms with Gasteiger partial charge < -0.3 is 34.5 Å². The summed E-state index contributed by atoms with van der Waals surface area (Å²) >= 11 is 0. The standard InChI is InChI=1S/C35H42N4O8/c1-23-21-39(34(41)37-32(23)36)33-31(44-19-20-46-38(2)3)30(40)29(47-33)22-45-35(24-9-7-6-8-10-24,25-11-15-27(42-4)16-12-25)26-13-17-28(43-5)18-14-26/h6-18,21,29-31,33,40H,19-20,22H2,1-5H3,(H2,36,37,41)/t29-,30-,31-,33-/m1/s1. The van der Waals surface area contributed by atoms with E-state index in [4.69, 9.17) is 34.3 Å². The maximum absolute atomic E-state index is 13.0. The number of aromatic nitrogens is 2. The quantitative estimate of drug-likeness (QED) is 0.119. The van der Waals surface area contributed by atoms with Crippen LogP contribution in [0.2, 0.25) is 0 Å². The van der Waals surface area contributed by atoms with Gasteiger partial charge in [-0.25, -0.2) is 4.79 Å². The predicted molar refractivity (Wildman–Crippen MR) is 175 cm³/mol. The normalized spacial score (nSPS) is 19.6. The lowest BCUT2D eigenvalue weighted by atomic mass is 9.80. The molecule has 0 amide bonds. The molecule has 3 aromatic carbocycles. The van der Waals surface area contributed by atoms with Crippen LogP contribution in [0, 0.1) is 6.92 Å². The van der Waals surface area contributed by atoms with Crippen LogP contribution in [-0.2, 0) is 24.6 Å². The van der Waals surface area contributed by atoms with Gasteiger partial charge in [0.05, 0.1) is 34.0 Å². The molecule has 12 nitrogen and oxygen atoms in total. The van der Waals surface area contributed by atoms with E-state index in [9.17, 15) is 9.90 Å². The minimum absolute atomic E-state index is 0.0746. The number of aliphatic hydroxyl groups is 1. The fourth-order valence-corrected chi connectivity index (χ4v) is 5.71. The first-order valence-corrected chi connectivity index (χ1v) is 15.3. The number of rotatable bonds is 14. The number of anilines is 1. The number of aliphatic hydroxyl groups excluding tert-OH is 1. The van der Waals surface area contributed by atoms with E-state index < -0.39 is 35.8 Å². The fraction of sp³-hybridized carbons (Fsp3) is 0.371. The number of benzene rings is 3. The summed E-state index contributed by atoms with van der Waals surface area (Å²) in [6.07, 6.45) is -2.47. The number of ether oxygens (including phenoxy) is 5. The summed E-state index contributed by atoms with van der Waals surface area (Å²) in [6, 6.07) is 25.1. The minimum Gasteiger partial charge on any atom is -0.497 e. The van der Waals surface area contributed by atoms with Gasteiger partial charge in [0, 0.05) is 25.9 Å². The summed E-state index contributed by atoms with van der Waals surface area (Å²) in [7, 11) is 6.75. The summed E-state index contributed by atoms with van der Waals surface area (Å²) in [5.41, 5.74) is 7.20. The third-order valence-electron chi connectivity index (χ3n) is 8.14. The van der Waals surface area contributed by atoms with E-state index in [2.05, 4.69) is 4.98 Å². The molecule has 3 N–H and O–H groups in total. The lowest BCUT2D eigenvalue weighted by molar-refractivity contribution is -0.151. The van der Waals surface area contributed by atoms with E-state index in [0.29, 0.717) is 17.1 Å². The molecule has 4 atom stereocenters. The second kappa shape index (κ2) is 15.1. The Morgan fingerprint density at radius 2 is 1.49 bits per heavy atom. The molecule has 1 fully saturated rings. The number of nitrogen functional groups attached to an aromatic ring is 1. The molecule has 2 heterocycles. The SMILES string of the molecule is COc1ccc(C(OC[C@H]2O[C@@H](n3cc(C)c(N)nc3=O)[C@H](OCCON(C)C)[C@@H]2O)(c2ccccc2)c2ccc(OC)cc2)cc1. The summed E-state index contributed by atoms with van der Waals surface area (Å²) in [5, 5.41) is 13.2. The van der Waals surface area contributed by atoms with Gasteiger partial charge in [0.25, 0.3) is 0 Å². The molecule has 47 heavy (non-hydrogen) atoms. The highest BCUT2D eigenvalue weighted by atomic mass is 16.7. The van der Waals surface area contributed by atoms with E-state index in [0.717, 1.165) is 16.7 Å². The second-order valence-electron chi connectivity index (χ2n) is 11.4. The van der Waals surface area contributed by atoms with Gasteiger partial charge in [-0.2, -0.15) is 10.0 Å². The van der Waals surface area contributed by atoms with Gasteiger partial charge >= 0.3 is 5.69 Å². The number of hydroxylamine groups is 2. The van der Waals surface area contributed by atoms with E-state index in [1.807, 2.05) is 78.9 Å². The van der Waals surface area contributed by atoms with Crippen molar-refractivity contribution in [3.63, 3.8) is 0 Å². The van der Waals surface area contributed by atoms with Crippen LogP contribution < -0.4 is 20.9 Å². The highest BCUT2D eigenvalue weighted by Gasteiger charge is 2.48. The summed E-state index contributed by atoms with van der Waals surface area (Å²) in [6.45, 7) is 2.02. The van der Waals surface area contributed by atoms with Gasteiger partial charge in [0.1, 0.15) is 41.2 Å².